The van der Waals surface area contributed by atoms with E-state index in [0.29, 0.717) is 24.8 Å². The van der Waals surface area contributed by atoms with Crippen molar-refractivity contribution in [2.45, 2.75) is 77.2 Å². The topological polar surface area (TPSA) is 80.7 Å². The number of aliphatic hydroxyl groups excluding tert-OH is 1. The maximum atomic E-state index is 17.2. The smallest absolute Gasteiger partial charge is 0.306 e. The van der Waals surface area contributed by atoms with Gasteiger partial charge in [-0.2, -0.15) is 0 Å². The number of hydrogen-bond acceptors (Lipinski definition) is 5. The van der Waals surface area contributed by atoms with Gasteiger partial charge in [0.1, 0.15) is 0 Å². The lowest BCUT2D eigenvalue weighted by Crippen LogP contribution is -2.70. The van der Waals surface area contributed by atoms with Gasteiger partial charge in [0, 0.05) is 29.1 Å². The Bertz CT molecular complexity index is 929. The number of rotatable bonds is 4. The number of esters is 1. The lowest BCUT2D eigenvalue weighted by molar-refractivity contribution is -0.227. The van der Waals surface area contributed by atoms with Crippen LogP contribution in [0.25, 0.3) is 0 Å². The molecule has 7 heteroatoms. The highest BCUT2D eigenvalue weighted by atomic mass is 35.5. The van der Waals surface area contributed by atoms with E-state index >= 15 is 4.39 Å². The molecule has 3 fully saturated rings. The molecule has 0 unspecified atom stereocenters. The number of fused-ring (bicyclic) bond motifs is 5. The third kappa shape index (κ3) is 2.68. The Morgan fingerprint density at radius 2 is 2.00 bits per heavy atom. The molecule has 0 aromatic carbocycles. The van der Waals surface area contributed by atoms with Crippen LogP contribution < -0.4 is 0 Å². The molecule has 5 nitrogen and oxygen atoms in total. The van der Waals surface area contributed by atoms with E-state index in [0.717, 1.165) is 0 Å². The van der Waals surface area contributed by atoms with Crippen molar-refractivity contribution < 1.29 is 28.6 Å². The molecule has 32 heavy (non-hydrogen) atoms. The largest absolute Gasteiger partial charge is 0.450 e. The number of ketones is 2. The molecule has 0 heterocycles. The van der Waals surface area contributed by atoms with Crippen molar-refractivity contribution in [3.63, 3.8) is 0 Å². The summed E-state index contributed by atoms with van der Waals surface area (Å²) >= 11 is 6.01. The van der Waals surface area contributed by atoms with Gasteiger partial charge >= 0.3 is 5.97 Å². The SMILES string of the molecule is CCC(=O)O[C@]1(C(=O)CCl)[C@H](C)C[C@H]2[C@@H]3CCC4=CC(=O)C=C[C@@]4(C)[C@@]3(F)[C@@H](O)C[C@@]21C. The first kappa shape index (κ1) is 23.6. The fraction of sp³-hybridized carbons (Fsp3) is 0.720. The van der Waals surface area contributed by atoms with Crippen molar-refractivity contribution in [2.75, 3.05) is 5.88 Å². The maximum Gasteiger partial charge on any atom is 0.306 e. The Hall–Kier alpha value is -1.53. The second-order valence-electron chi connectivity index (χ2n) is 10.5. The number of ether oxygens (including phenoxy) is 1. The molecule has 4 aliphatic carbocycles. The van der Waals surface area contributed by atoms with Gasteiger partial charge in [0.15, 0.2) is 22.8 Å². The van der Waals surface area contributed by atoms with Crippen molar-refractivity contribution in [1.82, 2.24) is 0 Å². The van der Waals surface area contributed by atoms with Crippen LogP contribution >= 0.6 is 11.6 Å². The third-order valence-electron chi connectivity index (χ3n) is 9.28. The molecule has 0 amide bonds. The molecule has 0 aromatic heterocycles. The summed E-state index contributed by atoms with van der Waals surface area (Å²) in [5.41, 5.74) is -4.83. The highest BCUT2D eigenvalue weighted by Gasteiger charge is 2.77. The fourth-order valence-electron chi connectivity index (χ4n) is 7.75. The minimum Gasteiger partial charge on any atom is -0.450 e. The Labute approximate surface area is 193 Å². The molecule has 8 atom stereocenters. The molecule has 0 radical (unpaired) electrons. The van der Waals surface area contributed by atoms with E-state index in [1.54, 1.807) is 19.9 Å². The first-order valence-corrected chi connectivity index (χ1v) is 12.1. The molecule has 0 saturated heterocycles. The lowest BCUT2D eigenvalue weighted by atomic mass is 9.44. The van der Waals surface area contributed by atoms with Gasteiger partial charge < -0.3 is 9.84 Å². The lowest BCUT2D eigenvalue weighted by Gasteiger charge is -2.62. The molecule has 4 aliphatic rings. The zero-order valence-electron chi connectivity index (χ0n) is 19.1. The van der Waals surface area contributed by atoms with Gasteiger partial charge in [0.05, 0.1) is 12.0 Å². The van der Waals surface area contributed by atoms with Crippen LogP contribution in [0.15, 0.2) is 23.8 Å². The zero-order valence-corrected chi connectivity index (χ0v) is 19.9. The fourth-order valence-corrected chi connectivity index (χ4v) is 7.95. The summed E-state index contributed by atoms with van der Waals surface area (Å²) in [5.74, 6) is -2.57. The van der Waals surface area contributed by atoms with Gasteiger partial charge in [-0.15, -0.1) is 11.6 Å². The van der Waals surface area contributed by atoms with E-state index < -0.39 is 40.1 Å². The van der Waals surface area contributed by atoms with Crippen LogP contribution in [0.3, 0.4) is 0 Å². The number of aliphatic hydroxyl groups is 1. The molecule has 0 aromatic rings. The molecule has 1 N–H and O–H groups in total. The van der Waals surface area contributed by atoms with Crippen LogP contribution in [0.2, 0.25) is 0 Å². The molecule has 4 rings (SSSR count). The summed E-state index contributed by atoms with van der Waals surface area (Å²) in [6.45, 7) is 7.13. The first-order valence-electron chi connectivity index (χ1n) is 11.5. The average molecular weight is 467 g/mol. The van der Waals surface area contributed by atoms with Crippen LogP contribution in [0.1, 0.15) is 59.8 Å². The molecule has 0 aliphatic heterocycles. The van der Waals surface area contributed by atoms with E-state index in [9.17, 15) is 19.5 Å². The number of halogens is 2. The summed E-state index contributed by atoms with van der Waals surface area (Å²) in [4.78, 5) is 37.7. The van der Waals surface area contributed by atoms with Crippen LogP contribution in [-0.2, 0) is 19.1 Å². The molecule has 0 spiro atoms. The van der Waals surface area contributed by atoms with Crippen molar-refractivity contribution in [3.05, 3.63) is 23.8 Å². The monoisotopic (exact) mass is 466 g/mol. The zero-order chi connectivity index (χ0) is 23.7. The number of allylic oxidation sites excluding steroid dienone is 4. The predicted octanol–water partition coefficient (Wildman–Crippen LogP) is 4.10. The van der Waals surface area contributed by atoms with E-state index in [1.165, 1.54) is 12.2 Å². The van der Waals surface area contributed by atoms with Gasteiger partial charge in [-0.05, 0) is 50.7 Å². The summed E-state index contributed by atoms with van der Waals surface area (Å²) < 4.78 is 23.1. The summed E-state index contributed by atoms with van der Waals surface area (Å²) in [5, 5.41) is 11.4. The summed E-state index contributed by atoms with van der Waals surface area (Å²) in [6, 6.07) is 0. The molecule has 176 valence electrons. The highest BCUT2D eigenvalue weighted by Crippen LogP contribution is 2.71. The van der Waals surface area contributed by atoms with Crippen molar-refractivity contribution in [3.8, 4) is 0 Å². The van der Waals surface area contributed by atoms with E-state index in [-0.39, 0.29) is 42.1 Å². The van der Waals surface area contributed by atoms with E-state index in [1.807, 2.05) is 13.8 Å². The molecule has 0 bridgehead atoms. The minimum atomic E-state index is -1.99. The van der Waals surface area contributed by atoms with Gasteiger partial charge in [-0.1, -0.05) is 32.4 Å². The van der Waals surface area contributed by atoms with Gasteiger partial charge in [0.25, 0.3) is 0 Å². The quantitative estimate of drug-likeness (QED) is 0.498. The van der Waals surface area contributed by atoms with Crippen molar-refractivity contribution in [2.24, 2.45) is 28.6 Å². The third-order valence-corrected chi connectivity index (χ3v) is 9.52. The number of carbonyl (C=O) groups is 3. The molecule has 3 saturated carbocycles. The van der Waals surface area contributed by atoms with Gasteiger partial charge in [-0.25, -0.2) is 4.39 Å². The Morgan fingerprint density at radius 1 is 1.31 bits per heavy atom. The normalized spacial score (nSPS) is 47.2. The van der Waals surface area contributed by atoms with Crippen molar-refractivity contribution in [1.29, 1.82) is 0 Å². The Morgan fingerprint density at radius 3 is 2.62 bits per heavy atom. The number of Topliss-reactive ketones (excluding diaryl/α,β-unsaturated/α-hetero) is 1. The maximum absolute atomic E-state index is 17.2. The van der Waals surface area contributed by atoms with E-state index in [4.69, 9.17) is 16.3 Å². The average Bonchev–Trinajstić information content (AvgIpc) is 2.96. The summed E-state index contributed by atoms with van der Waals surface area (Å²) in [7, 11) is 0. The molecular weight excluding hydrogens is 435 g/mol. The van der Waals surface area contributed by atoms with Crippen LogP contribution in [0.5, 0.6) is 0 Å². The minimum absolute atomic E-state index is 0.0285. The number of hydrogen-bond donors (Lipinski definition) is 1. The predicted molar refractivity (Wildman–Crippen MR) is 118 cm³/mol. The first-order chi connectivity index (χ1) is 14.9. The Kier molecular flexibility index (Phi) is 5.53. The van der Waals surface area contributed by atoms with Crippen LogP contribution in [0.4, 0.5) is 4.39 Å². The van der Waals surface area contributed by atoms with Gasteiger partial charge in [0.2, 0.25) is 0 Å². The van der Waals surface area contributed by atoms with Crippen molar-refractivity contribution >= 4 is 29.1 Å². The molecular formula is C25H32ClFO5. The number of alkyl halides is 2. The summed E-state index contributed by atoms with van der Waals surface area (Å²) in [6.07, 6.45) is 4.67. The Balaban J connectivity index is 1.85. The second-order valence-corrected chi connectivity index (χ2v) is 10.8. The van der Waals surface area contributed by atoms with Crippen LogP contribution in [0, 0.1) is 28.6 Å². The number of carbonyl (C=O) groups excluding carboxylic acids is 3. The highest BCUT2D eigenvalue weighted by molar-refractivity contribution is 6.29. The van der Waals surface area contributed by atoms with Gasteiger partial charge in [-0.3, -0.25) is 14.4 Å². The van der Waals surface area contributed by atoms with E-state index in [2.05, 4.69) is 0 Å². The standard InChI is InChI=1S/C25H32ClFO5/c1-5-21(31)32-25(20(30)13-26)14(2)10-18-17-7-6-15-11-16(28)8-9-22(15,3)24(17,27)19(29)12-23(18,25)4/h8-9,11,14,17-19,29H,5-7,10,12-13H2,1-4H3/t14-,17+,18+,19+,22-,23+,24+,25+/m1/s1. The van der Waals surface area contributed by atoms with Crippen LogP contribution in [-0.4, -0.2) is 45.9 Å². The second kappa shape index (κ2) is 7.49.